The van der Waals surface area contributed by atoms with Crippen LogP contribution in [0.5, 0.6) is 0 Å². The second-order valence-electron chi connectivity index (χ2n) is 7.06. The highest BCUT2D eigenvalue weighted by atomic mass is 32.2. The fourth-order valence-corrected chi connectivity index (χ4v) is 3.98. The van der Waals surface area contributed by atoms with E-state index in [1.54, 1.807) is 6.92 Å². The number of hydrogen-bond acceptors (Lipinski definition) is 3. The summed E-state index contributed by atoms with van der Waals surface area (Å²) in [6.45, 7) is 3.77. The maximum atomic E-state index is 11.4. The zero-order valence-electron chi connectivity index (χ0n) is 15.8. The average molecular weight is 363 g/mol. The first-order chi connectivity index (χ1) is 11.4. The largest absolute Gasteiger partial charge is 0.300 e. The first-order valence-corrected chi connectivity index (χ1v) is 11.3. The second kappa shape index (κ2) is 14.9. The Labute approximate surface area is 149 Å². The summed E-state index contributed by atoms with van der Waals surface area (Å²) in [6, 6.07) is 0. The Balaban J connectivity index is 3.71. The van der Waals surface area contributed by atoms with Crippen molar-refractivity contribution >= 4 is 15.9 Å². The number of ketones is 1. The van der Waals surface area contributed by atoms with Gasteiger partial charge in [0.15, 0.2) is 0 Å². The summed E-state index contributed by atoms with van der Waals surface area (Å²) in [4.78, 5) is 10.9. The number of rotatable bonds is 17. The van der Waals surface area contributed by atoms with Crippen molar-refractivity contribution in [2.75, 3.05) is 0 Å². The Morgan fingerprint density at radius 1 is 0.792 bits per heavy atom. The van der Waals surface area contributed by atoms with E-state index in [0.29, 0.717) is 32.1 Å². The maximum Gasteiger partial charge on any atom is 0.267 e. The third-order valence-electron chi connectivity index (χ3n) is 4.61. The van der Waals surface area contributed by atoms with Crippen LogP contribution in [0.3, 0.4) is 0 Å². The van der Waals surface area contributed by atoms with Gasteiger partial charge in [0.1, 0.15) is 5.78 Å². The van der Waals surface area contributed by atoms with E-state index in [4.69, 9.17) is 0 Å². The molecule has 0 amide bonds. The molecule has 5 heteroatoms. The van der Waals surface area contributed by atoms with Gasteiger partial charge in [-0.15, -0.1) is 0 Å². The van der Waals surface area contributed by atoms with Crippen molar-refractivity contribution in [1.29, 1.82) is 0 Å². The monoisotopic (exact) mass is 362 g/mol. The summed E-state index contributed by atoms with van der Waals surface area (Å²) < 4.78 is 32.2. The van der Waals surface area contributed by atoms with Gasteiger partial charge in [0.25, 0.3) is 10.1 Å². The molecule has 0 aliphatic carbocycles. The van der Waals surface area contributed by atoms with E-state index < -0.39 is 15.4 Å². The van der Waals surface area contributed by atoms with Crippen molar-refractivity contribution in [3.8, 4) is 0 Å². The number of hydrogen-bond donors (Lipinski definition) is 1. The minimum absolute atomic E-state index is 0.132. The van der Waals surface area contributed by atoms with E-state index in [-0.39, 0.29) is 5.78 Å². The maximum absolute atomic E-state index is 11.4. The topological polar surface area (TPSA) is 71.4 Å². The number of carbonyl (C=O) groups is 1. The van der Waals surface area contributed by atoms with Crippen LogP contribution >= 0.6 is 0 Å². The Hall–Kier alpha value is -0.420. The number of unbranched alkanes of at least 4 members (excludes halogenated alkanes) is 10. The summed E-state index contributed by atoms with van der Waals surface area (Å²) in [5, 5.41) is -0.654. The molecule has 0 aromatic carbocycles. The molecule has 0 aliphatic heterocycles. The van der Waals surface area contributed by atoms with Crippen LogP contribution in [0.1, 0.15) is 110 Å². The predicted molar refractivity (Wildman–Crippen MR) is 101 cm³/mol. The summed E-state index contributed by atoms with van der Waals surface area (Å²) in [5.74, 6) is 0.132. The van der Waals surface area contributed by atoms with E-state index >= 15 is 0 Å². The smallest absolute Gasteiger partial charge is 0.267 e. The molecule has 144 valence electrons. The van der Waals surface area contributed by atoms with E-state index in [1.807, 2.05) is 0 Å². The molecule has 0 aromatic heterocycles. The fraction of sp³-hybridized carbons (Fsp3) is 0.947. The Bertz CT molecular complexity index is 404. The fourth-order valence-electron chi connectivity index (χ4n) is 3.05. The molecule has 0 radical (unpaired) electrons. The van der Waals surface area contributed by atoms with E-state index in [1.165, 1.54) is 44.9 Å². The Morgan fingerprint density at radius 2 is 1.21 bits per heavy atom. The summed E-state index contributed by atoms with van der Waals surface area (Å²) in [5.41, 5.74) is 0. The van der Waals surface area contributed by atoms with Crippen molar-refractivity contribution < 1.29 is 17.8 Å². The first-order valence-electron chi connectivity index (χ1n) is 9.83. The van der Waals surface area contributed by atoms with Gasteiger partial charge in [0, 0.05) is 6.42 Å². The van der Waals surface area contributed by atoms with Crippen LogP contribution in [0.25, 0.3) is 0 Å². The SMILES string of the molecule is CCCCCCCCCCCCC(CCCCC(C)=O)S(=O)(=O)O. The van der Waals surface area contributed by atoms with Gasteiger partial charge in [-0.1, -0.05) is 77.6 Å². The zero-order valence-corrected chi connectivity index (χ0v) is 16.6. The van der Waals surface area contributed by atoms with Crippen LogP contribution in [0.2, 0.25) is 0 Å². The number of Topliss-reactive ketones (excluding diaryl/α,β-unsaturated/α-hetero) is 1. The third-order valence-corrected chi connectivity index (χ3v) is 5.92. The van der Waals surface area contributed by atoms with Crippen LogP contribution in [-0.2, 0) is 14.9 Å². The molecule has 1 N–H and O–H groups in total. The normalized spacial score (nSPS) is 13.1. The van der Waals surface area contributed by atoms with Crippen molar-refractivity contribution in [3.05, 3.63) is 0 Å². The minimum atomic E-state index is -3.96. The first kappa shape index (κ1) is 23.6. The van der Waals surface area contributed by atoms with Gasteiger partial charge in [0.2, 0.25) is 0 Å². The van der Waals surface area contributed by atoms with Crippen LogP contribution < -0.4 is 0 Å². The van der Waals surface area contributed by atoms with Crippen molar-refractivity contribution in [1.82, 2.24) is 0 Å². The van der Waals surface area contributed by atoms with Crippen LogP contribution in [-0.4, -0.2) is 24.0 Å². The lowest BCUT2D eigenvalue weighted by molar-refractivity contribution is -0.117. The third kappa shape index (κ3) is 15.1. The highest BCUT2D eigenvalue weighted by Gasteiger charge is 2.21. The van der Waals surface area contributed by atoms with Gasteiger partial charge >= 0.3 is 0 Å². The molecule has 0 saturated heterocycles. The quantitative estimate of drug-likeness (QED) is 0.266. The van der Waals surface area contributed by atoms with E-state index in [9.17, 15) is 17.8 Å². The standard InChI is InChI=1S/C19H38O4S/c1-3-4-5-6-7-8-9-10-11-12-16-19(24(21,22)23)17-14-13-15-18(2)20/h19H,3-17H2,1-2H3,(H,21,22,23). The molecule has 0 aromatic rings. The molecule has 0 aliphatic rings. The number of carbonyl (C=O) groups excluding carboxylic acids is 1. The summed E-state index contributed by atoms with van der Waals surface area (Å²) in [7, 11) is -3.96. The lowest BCUT2D eigenvalue weighted by Gasteiger charge is -2.13. The van der Waals surface area contributed by atoms with Gasteiger partial charge in [0.05, 0.1) is 5.25 Å². The molecule has 0 heterocycles. The molecular weight excluding hydrogens is 324 g/mol. The lowest BCUT2D eigenvalue weighted by Crippen LogP contribution is -2.20. The molecule has 0 rings (SSSR count). The molecular formula is C19H38O4S. The molecule has 0 spiro atoms. The molecule has 0 bridgehead atoms. The molecule has 1 unspecified atom stereocenters. The molecule has 0 saturated carbocycles. The highest BCUT2D eigenvalue weighted by Crippen LogP contribution is 2.18. The van der Waals surface area contributed by atoms with E-state index in [2.05, 4.69) is 6.92 Å². The predicted octanol–water partition coefficient (Wildman–Crippen LogP) is 5.70. The van der Waals surface area contributed by atoms with Gasteiger partial charge in [-0.25, -0.2) is 0 Å². The van der Waals surface area contributed by atoms with Crippen LogP contribution in [0, 0.1) is 0 Å². The Morgan fingerprint density at radius 3 is 1.62 bits per heavy atom. The molecule has 0 fully saturated rings. The molecule has 24 heavy (non-hydrogen) atoms. The summed E-state index contributed by atoms with van der Waals surface area (Å²) >= 11 is 0. The Kier molecular flexibility index (Phi) is 14.6. The van der Waals surface area contributed by atoms with Crippen LogP contribution in [0.15, 0.2) is 0 Å². The minimum Gasteiger partial charge on any atom is -0.300 e. The lowest BCUT2D eigenvalue weighted by atomic mass is 10.0. The van der Waals surface area contributed by atoms with E-state index in [0.717, 1.165) is 19.3 Å². The van der Waals surface area contributed by atoms with Crippen LogP contribution in [0.4, 0.5) is 0 Å². The van der Waals surface area contributed by atoms with Crippen molar-refractivity contribution in [2.45, 2.75) is 115 Å². The average Bonchev–Trinajstić information content (AvgIpc) is 2.49. The molecule has 4 nitrogen and oxygen atoms in total. The summed E-state index contributed by atoms with van der Waals surface area (Å²) in [6.07, 6.45) is 15.0. The molecule has 1 atom stereocenters. The zero-order chi connectivity index (χ0) is 18.3. The van der Waals surface area contributed by atoms with Gasteiger partial charge in [-0.05, 0) is 26.2 Å². The second-order valence-corrected chi connectivity index (χ2v) is 8.75. The van der Waals surface area contributed by atoms with Crippen molar-refractivity contribution in [2.24, 2.45) is 0 Å². The van der Waals surface area contributed by atoms with Gasteiger partial charge < -0.3 is 4.79 Å². The van der Waals surface area contributed by atoms with Crippen molar-refractivity contribution in [3.63, 3.8) is 0 Å². The van der Waals surface area contributed by atoms with Gasteiger partial charge in [-0.3, -0.25) is 4.55 Å². The highest BCUT2D eigenvalue weighted by molar-refractivity contribution is 7.86. The van der Waals surface area contributed by atoms with Gasteiger partial charge in [-0.2, -0.15) is 8.42 Å².